The molecule has 0 aliphatic carbocycles. The lowest BCUT2D eigenvalue weighted by Gasteiger charge is -2.09. The number of aromatic amines is 1. The van der Waals surface area contributed by atoms with E-state index in [1.54, 1.807) is 24.4 Å². The van der Waals surface area contributed by atoms with Crippen LogP contribution in [0.25, 0.3) is 10.9 Å². The van der Waals surface area contributed by atoms with Gasteiger partial charge in [-0.15, -0.1) is 11.3 Å². The first-order chi connectivity index (χ1) is 10.5. The van der Waals surface area contributed by atoms with E-state index in [9.17, 15) is 13.2 Å². The van der Waals surface area contributed by atoms with Crippen LogP contribution in [0, 0.1) is 0 Å². The van der Waals surface area contributed by atoms with Gasteiger partial charge in [-0.3, -0.25) is 9.82 Å². The molecular weight excluding hydrogens is 326 g/mol. The minimum absolute atomic E-state index is 0.0341. The number of fused-ring (bicyclic) bond motifs is 1. The molecule has 7 nitrogen and oxygen atoms in total. The van der Waals surface area contributed by atoms with Gasteiger partial charge in [-0.2, -0.15) is 5.10 Å². The third-order valence-electron chi connectivity index (χ3n) is 3.01. The molecule has 0 saturated heterocycles. The molecular formula is C13H11N3O4S2. The molecule has 0 radical (unpaired) electrons. The van der Waals surface area contributed by atoms with Crippen molar-refractivity contribution in [3.05, 3.63) is 40.7 Å². The van der Waals surface area contributed by atoms with Crippen LogP contribution in [0.1, 0.15) is 9.67 Å². The molecule has 2 N–H and O–H groups in total. The fourth-order valence-electron chi connectivity index (χ4n) is 2.00. The van der Waals surface area contributed by atoms with Crippen LogP contribution in [0.4, 0.5) is 5.69 Å². The summed E-state index contributed by atoms with van der Waals surface area (Å²) in [6, 6.07) is 6.50. The summed E-state index contributed by atoms with van der Waals surface area (Å²) in [5.74, 6) is -0.685. The molecule has 0 unspecified atom stereocenters. The number of nitrogens with one attached hydrogen (secondary N) is 2. The molecule has 0 saturated carbocycles. The van der Waals surface area contributed by atoms with Crippen LogP contribution in [0.2, 0.25) is 0 Å². The molecule has 0 bridgehead atoms. The Hall–Kier alpha value is -2.39. The van der Waals surface area contributed by atoms with Gasteiger partial charge in [0, 0.05) is 5.39 Å². The Labute approximate surface area is 130 Å². The molecule has 0 atom stereocenters. The highest BCUT2D eigenvalue weighted by atomic mass is 32.2. The summed E-state index contributed by atoms with van der Waals surface area (Å²) in [6.07, 6.45) is 1.59. The second-order valence-corrected chi connectivity index (χ2v) is 6.92. The lowest BCUT2D eigenvalue weighted by molar-refractivity contribution is 0.0602. The maximum absolute atomic E-state index is 12.5. The summed E-state index contributed by atoms with van der Waals surface area (Å²) in [5, 5.41) is 8.92. The summed E-state index contributed by atoms with van der Waals surface area (Å²) in [6.45, 7) is 0. The number of benzene rings is 1. The average Bonchev–Trinajstić information content (AvgIpc) is 3.15. The summed E-state index contributed by atoms with van der Waals surface area (Å²) < 4.78 is 32.1. The fourth-order valence-corrected chi connectivity index (χ4v) is 4.41. The van der Waals surface area contributed by atoms with Crippen LogP contribution in [0.15, 0.2) is 40.7 Å². The van der Waals surface area contributed by atoms with E-state index in [0.29, 0.717) is 11.2 Å². The number of sulfonamides is 1. The molecule has 0 fully saturated rings. The molecule has 0 aliphatic rings. The molecule has 114 valence electrons. The second-order valence-electron chi connectivity index (χ2n) is 4.35. The number of anilines is 1. The Bertz CT molecular complexity index is 943. The van der Waals surface area contributed by atoms with Gasteiger partial charge in [0.25, 0.3) is 10.0 Å². The van der Waals surface area contributed by atoms with Gasteiger partial charge in [0.1, 0.15) is 9.77 Å². The number of thiophene rings is 1. The topological polar surface area (TPSA) is 101 Å². The lowest BCUT2D eigenvalue weighted by atomic mass is 10.2. The molecule has 3 rings (SSSR count). The number of methoxy groups -OCH3 is 1. The quantitative estimate of drug-likeness (QED) is 0.711. The summed E-state index contributed by atoms with van der Waals surface area (Å²) in [5.41, 5.74) is 0.929. The van der Waals surface area contributed by atoms with Crippen molar-refractivity contribution in [3.8, 4) is 0 Å². The number of aromatic nitrogens is 2. The maximum atomic E-state index is 12.5. The molecule has 0 spiro atoms. The minimum atomic E-state index is -3.91. The van der Waals surface area contributed by atoms with Crippen LogP contribution in [0.5, 0.6) is 0 Å². The number of H-pyrrole nitrogens is 1. The van der Waals surface area contributed by atoms with Crippen molar-refractivity contribution in [2.24, 2.45) is 0 Å². The van der Waals surface area contributed by atoms with Gasteiger partial charge >= 0.3 is 5.97 Å². The SMILES string of the molecule is COC(=O)c1sccc1S(=O)(=O)Nc1cccc2cn[nH]c12. The standard InChI is InChI=1S/C13H11N3O4S2/c1-20-13(17)12-10(5-6-21-12)22(18,19)16-9-4-2-3-8-7-14-15-11(8)9/h2-7,16H,1H3,(H,14,15). The monoisotopic (exact) mass is 337 g/mol. The van der Waals surface area contributed by atoms with E-state index in [1.165, 1.54) is 18.6 Å². The van der Waals surface area contributed by atoms with Gasteiger partial charge < -0.3 is 4.74 Å². The van der Waals surface area contributed by atoms with Crippen molar-refractivity contribution in [2.75, 3.05) is 11.8 Å². The van der Waals surface area contributed by atoms with E-state index in [-0.39, 0.29) is 9.77 Å². The lowest BCUT2D eigenvalue weighted by Crippen LogP contribution is -2.16. The number of hydrogen-bond donors (Lipinski definition) is 2. The Balaban J connectivity index is 2.03. The summed E-state index contributed by atoms with van der Waals surface area (Å²) in [7, 11) is -2.71. The minimum Gasteiger partial charge on any atom is -0.465 e. The molecule has 2 heterocycles. The van der Waals surface area contributed by atoms with E-state index < -0.39 is 16.0 Å². The highest BCUT2D eigenvalue weighted by Crippen LogP contribution is 2.27. The molecule has 0 amide bonds. The summed E-state index contributed by atoms with van der Waals surface area (Å²) >= 11 is 1.01. The van der Waals surface area contributed by atoms with Gasteiger partial charge in [-0.05, 0) is 17.5 Å². The molecule has 2 aromatic heterocycles. The van der Waals surface area contributed by atoms with E-state index >= 15 is 0 Å². The smallest absolute Gasteiger partial charge is 0.349 e. The molecule has 0 aliphatic heterocycles. The Morgan fingerprint density at radius 2 is 2.18 bits per heavy atom. The fraction of sp³-hybridized carbons (Fsp3) is 0.0769. The van der Waals surface area contributed by atoms with E-state index in [2.05, 4.69) is 19.7 Å². The van der Waals surface area contributed by atoms with Gasteiger partial charge in [0.2, 0.25) is 0 Å². The van der Waals surface area contributed by atoms with Crippen LogP contribution < -0.4 is 4.72 Å². The number of nitrogens with zero attached hydrogens (tertiary/aromatic N) is 1. The zero-order valence-electron chi connectivity index (χ0n) is 11.4. The van der Waals surface area contributed by atoms with Crippen LogP contribution in [0.3, 0.4) is 0 Å². The van der Waals surface area contributed by atoms with Crippen molar-refractivity contribution in [3.63, 3.8) is 0 Å². The Morgan fingerprint density at radius 1 is 1.36 bits per heavy atom. The van der Waals surface area contributed by atoms with E-state index in [4.69, 9.17) is 0 Å². The van der Waals surface area contributed by atoms with Crippen LogP contribution >= 0.6 is 11.3 Å². The third kappa shape index (κ3) is 2.44. The normalized spacial score (nSPS) is 11.5. The van der Waals surface area contributed by atoms with Crippen molar-refractivity contribution >= 4 is 43.9 Å². The third-order valence-corrected chi connectivity index (χ3v) is 5.44. The van der Waals surface area contributed by atoms with Gasteiger partial charge in [-0.1, -0.05) is 12.1 Å². The maximum Gasteiger partial charge on any atom is 0.349 e. The first-order valence-corrected chi connectivity index (χ1v) is 8.50. The Kier molecular flexibility index (Phi) is 3.59. The van der Waals surface area contributed by atoms with Crippen molar-refractivity contribution in [1.29, 1.82) is 0 Å². The number of ether oxygens (including phenoxy) is 1. The van der Waals surface area contributed by atoms with Gasteiger partial charge in [0.15, 0.2) is 0 Å². The first kappa shape index (κ1) is 14.5. The molecule has 3 aromatic rings. The predicted octanol–water partition coefficient (Wildman–Crippen LogP) is 2.21. The van der Waals surface area contributed by atoms with Gasteiger partial charge in [-0.25, -0.2) is 13.2 Å². The zero-order valence-corrected chi connectivity index (χ0v) is 13.0. The summed E-state index contributed by atoms with van der Waals surface area (Å²) in [4.78, 5) is 11.6. The van der Waals surface area contributed by atoms with Crippen molar-refractivity contribution in [2.45, 2.75) is 4.90 Å². The number of rotatable bonds is 4. The largest absolute Gasteiger partial charge is 0.465 e. The number of carbonyl (C=O) groups excluding carboxylic acids is 1. The van der Waals surface area contributed by atoms with Crippen molar-refractivity contribution in [1.82, 2.24) is 10.2 Å². The first-order valence-electron chi connectivity index (χ1n) is 6.13. The van der Waals surface area contributed by atoms with Gasteiger partial charge in [0.05, 0.1) is 24.5 Å². The molecule has 9 heteroatoms. The van der Waals surface area contributed by atoms with E-state index in [0.717, 1.165) is 16.7 Å². The second kappa shape index (κ2) is 5.43. The number of esters is 1. The van der Waals surface area contributed by atoms with Crippen molar-refractivity contribution < 1.29 is 17.9 Å². The highest BCUT2D eigenvalue weighted by molar-refractivity contribution is 7.93. The van der Waals surface area contributed by atoms with Crippen LogP contribution in [-0.4, -0.2) is 31.7 Å². The number of carbonyl (C=O) groups is 1. The van der Waals surface area contributed by atoms with Crippen LogP contribution in [-0.2, 0) is 14.8 Å². The molecule has 22 heavy (non-hydrogen) atoms. The Morgan fingerprint density at radius 3 is 2.95 bits per heavy atom. The zero-order chi connectivity index (χ0) is 15.7. The average molecular weight is 337 g/mol. The number of para-hydroxylation sites is 1. The highest BCUT2D eigenvalue weighted by Gasteiger charge is 2.25. The van der Waals surface area contributed by atoms with E-state index in [1.807, 2.05) is 0 Å². The molecule has 1 aromatic carbocycles. The predicted molar refractivity (Wildman–Crippen MR) is 82.6 cm³/mol. The number of hydrogen-bond acceptors (Lipinski definition) is 6.